The molecular formula is C21H27N5O7S2. The van der Waals surface area contributed by atoms with E-state index in [1.54, 1.807) is 6.20 Å². The largest absolute Gasteiger partial charge is 0.481 e. The molecule has 2 aromatic rings. The number of benzene rings is 1. The van der Waals surface area contributed by atoms with E-state index in [0.29, 0.717) is 0 Å². The van der Waals surface area contributed by atoms with Crippen molar-refractivity contribution in [3.05, 3.63) is 36.0 Å². The monoisotopic (exact) mass is 525 g/mol. The molecule has 1 aromatic heterocycles. The van der Waals surface area contributed by atoms with Crippen LogP contribution in [0, 0.1) is 0 Å². The standard InChI is InChI=1S/C21H27N5O7S2/c22-12(8-34)18(29)24-14(5-10-7-23-13-4-2-1-3-11(10)13)19(30)26-16(9-35)20(31)25-15(21(32)33)6-17(27)28/h1-4,7,12,14-16,23,34-35H,5-6,8-9,22H2,(H,24,29)(H,25,31)(H,26,30)(H,27,28)(H,32,33). The van der Waals surface area contributed by atoms with E-state index in [0.717, 1.165) is 16.5 Å². The number of aromatic amines is 1. The minimum Gasteiger partial charge on any atom is -0.481 e. The molecule has 190 valence electrons. The zero-order valence-electron chi connectivity index (χ0n) is 18.4. The molecule has 0 saturated heterocycles. The number of amides is 3. The average Bonchev–Trinajstić information content (AvgIpc) is 3.23. The number of aliphatic carboxylic acids is 2. The first-order chi connectivity index (χ1) is 16.6. The lowest BCUT2D eigenvalue weighted by molar-refractivity contribution is -0.147. The highest BCUT2D eigenvalue weighted by atomic mass is 32.1. The maximum Gasteiger partial charge on any atom is 0.326 e. The van der Waals surface area contributed by atoms with Gasteiger partial charge in [0.2, 0.25) is 17.7 Å². The van der Waals surface area contributed by atoms with Crippen molar-refractivity contribution >= 4 is 65.8 Å². The van der Waals surface area contributed by atoms with E-state index in [2.05, 4.69) is 46.2 Å². The second kappa shape index (κ2) is 13.0. The van der Waals surface area contributed by atoms with Gasteiger partial charge in [-0.1, -0.05) is 18.2 Å². The number of carbonyl (C=O) groups excluding carboxylic acids is 3. The molecule has 14 heteroatoms. The quantitative estimate of drug-likeness (QED) is 0.147. The maximum atomic E-state index is 13.1. The van der Waals surface area contributed by atoms with Crippen LogP contribution >= 0.6 is 25.3 Å². The Morgan fingerprint density at radius 3 is 2.09 bits per heavy atom. The number of carboxylic acids is 2. The SMILES string of the molecule is NC(CS)C(=O)NC(Cc1c[nH]c2ccccc12)C(=O)NC(CS)C(=O)NC(CC(=O)O)C(=O)O. The number of para-hydroxylation sites is 1. The van der Waals surface area contributed by atoms with E-state index in [4.69, 9.17) is 15.9 Å². The van der Waals surface area contributed by atoms with Gasteiger partial charge in [0, 0.05) is 35.0 Å². The third-order valence-electron chi connectivity index (χ3n) is 5.07. The van der Waals surface area contributed by atoms with Gasteiger partial charge in [0.05, 0.1) is 12.5 Å². The van der Waals surface area contributed by atoms with E-state index in [9.17, 15) is 24.0 Å². The van der Waals surface area contributed by atoms with Gasteiger partial charge in [0.15, 0.2) is 0 Å². The number of thiol groups is 2. The fourth-order valence-electron chi connectivity index (χ4n) is 3.20. The van der Waals surface area contributed by atoms with Crippen molar-refractivity contribution in [3.8, 4) is 0 Å². The van der Waals surface area contributed by atoms with Gasteiger partial charge in [-0.25, -0.2) is 4.79 Å². The minimum atomic E-state index is -1.70. The number of nitrogens with two attached hydrogens (primary N) is 1. The fraction of sp³-hybridized carbons (Fsp3) is 0.381. The zero-order valence-corrected chi connectivity index (χ0v) is 20.2. The molecule has 4 atom stereocenters. The molecule has 12 nitrogen and oxygen atoms in total. The molecule has 8 N–H and O–H groups in total. The summed E-state index contributed by atoms with van der Waals surface area (Å²) < 4.78 is 0. The van der Waals surface area contributed by atoms with Gasteiger partial charge in [0.1, 0.15) is 18.1 Å². The van der Waals surface area contributed by atoms with Crippen molar-refractivity contribution in [2.75, 3.05) is 11.5 Å². The smallest absolute Gasteiger partial charge is 0.326 e. The lowest BCUT2D eigenvalue weighted by Crippen LogP contribution is -2.58. The Bertz CT molecular complexity index is 1090. The fourth-order valence-corrected chi connectivity index (χ4v) is 3.63. The number of rotatable bonds is 13. The first-order valence-electron chi connectivity index (χ1n) is 10.4. The molecular weight excluding hydrogens is 498 g/mol. The van der Waals surface area contributed by atoms with Gasteiger partial charge >= 0.3 is 11.9 Å². The van der Waals surface area contributed by atoms with Gasteiger partial charge in [0.25, 0.3) is 0 Å². The lowest BCUT2D eigenvalue weighted by Gasteiger charge is -2.24. The average molecular weight is 526 g/mol. The van der Waals surface area contributed by atoms with Gasteiger partial charge in [-0.15, -0.1) is 0 Å². The minimum absolute atomic E-state index is 0.0368. The molecule has 0 bridgehead atoms. The summed E-state index contributed by atoms with van der Waals surface area (Å²) in [5.74, 6) is -5.46. The number of hydrogen-bond acceptors (Lipinski definition) is 8. The Balaban J connectivity index is 2.21. The van der Waals surface area contributed by atoms with Crippen LogP contribution < -0.4 is 21.7 Å². The number of nitrogens with one attached hydrogen (secondary N) is 4. The summed E-state index contributed by atoms with van der Waals surface area (Å²) in [5.41, 5.74) is 7.27. The number of carbonyl (C=O) groups is 5. The van der Waals surface area contributed by atoms with Gasteiger partial charge < -0.3 is 36.9 Å². The van der Waals surface area contributed by atoms with Crippen LogP contribution in [-0.2, 0) is 30.4 Å². The Hall–Kier alpha value is -3.23. The first-order valence-corrected chi connectivity index (χ1v) is 11.7. The topological polar surface area (TPSA) is 204 Å². The van der Waals surface area contributed by atoms with Crippen molar-refractivity contribution in [1.82, 2.24) is 20.9 Å². The Morgan fingerprint density at radius 1 is 0.886 bits per heavy atom. The predicted molar refractivity (Wildman–Crippen MR) is 133 cm³/mol. The van der Waals surface area contributed by atoms with E-state index < -0.39 is 60.2 Å². The van der Waals surface area contributed by atoms with Gasteiger partial charge in [-0.3, -0.25) is 19.2 Å². The Kier molecular flexibility index (Phi) is 10.4. The Labute approximate surface area is 211 Å². The van der Waals surface area contributed by atoms with E-state index in [1.165, 1.54) is 0 Å². The van der Waals surface area contributed by atoms with E-state index in [1.807, 2.05) is 24.3 Å². The predicted octanol–water partition coefficient (Wildman–Crippen LogP) is -1.09. The number of hydrogen-bond donors (Lipinski definition) is 9. The third kappa shape index (κ3) is 7.90. The number of aromatic nitrogens is 1. The second-order valence-electron chi connectivity index (χ2n) is 7.65. The maximum absolute atomic E-state index is 13.1. The van der Waals surface area contributed by atoms with Crippen LogP contribution in [-0.4, -0.2) is 80.5 Å². The normalized spacial score (nSPS) is 14.4. The highest BCUT2D eigenvalue weighted by molar-refractivity contribution is 7.80. The zero-order chi connectivity index (χ0) is 26.1. The molecule has 0 spiro atoms. The first kappa shape index (κ1) is 28.0. The summed E-state index contributed by atoms with van der Waals surface area (Å²) in [6.45, 7) is 0. The van der Waals surface area contributed by atoms with Crippen molar-refractivity contribution in [1.29, 1.82) is 0 Å². The second-order valence-corrected chi connectivity index (χ2v) is 8.39. The molecule has 2 rings (SSSR count). The number of H-pyrrole nitrogens is 1. The van der Waals surface area contributed by atoms with Crippen LogP contribution in [0.4, 0.5) is 0 Å². The van der Waals surface area contributed by atoms with Crippen LogP contribution in [0.25, 0.3) is 10.9 Å². The van der Waals surface area contributed by atoms with Gasteiger partial charge in [-0.2, -0.15) is 25.3 Å². The van der Waals surface area contributed by atoms with Crippen LogP contribution in [0.1, 0.15) is 12.0 Å². The molecule has 0 aliphatic rings. The van der Waals surface area contributed by atoms with Crippen LogP contribution in [0.15, 0.2) is 30.5 Å². The lowest BCUT2D eigenvalue weighted by atomic mass is 10.0. The van der Waals surface area contributed by atoms with Crippen molar-refractivity contribution < 1.29 is 34.2 Å². The number of carboxylic acid groups (broad SMARTS) is 2. The van der Waals surface area contributed by atoms with Crippen LogP contribution in [0.5, 0.6) is 0 Å². The molecule has 0 fully saturated rings. The molecule has 4 unspecified atom stereocenters. The van der Waals surface area contributed by atoms with E-state index >= 15 is 0 Å². The summed E-state index contributed by atoms with van der Waals surface area (Å²) in [6, 6.07) is 2.23. The van der Waals surface area contributed by atoms with Crippen molar-refractivity contribution in [2.24, 2.45) is 5.73 Å². The molecule has 0 aliphatic heterocycles. The van der Waals surface area contributed by atoms with Crippen LogP contribution in [0.3, 0.4) is 0 Å². The molecule has 1 aromatic carbocycles. The summed E-state index contributed by atoms with van der Waals surface area (Å²) in [6.07, 6.45) is 0.898. The highest BCUT2D eigenvalue weighted by Crippen LogP contribution is 2.19. The number of fused-ring (bicyclic) bond motifs is 1. The van der Waals surface area contributed by atoms with Crippen molar-refractivity contribution in [2.45, 2.75) is 37.0 Å². The van der Waals surface area contributed by atoms with Gasteiger partial charge in [-0.05, 0) is 11.6 Å². The molecule has 0 aliphatic carbocycles. The molecule has 0 radical (unpaired) electrons. The van der Waals surface area contributed by atoms with Crippen molar-refractivity contribution in [3.63, 3.8) is 0 Å². The summed E-state index contributed by atoms with van der Waals surface area (Å²) in [5, 5.41) is 25.9. The van der Waals surface area contributed by atoms with E-state index in [-0.39, 0.29) is 17.9 Å². The van der Waals surface area contributed by atoms with Crippen LogP contribution in [0.2, 0.25) is 0 Å². The summed E-state index contributed by atoms with van der Waals surface area (Å²) >= 11 is 8.03. The highest BCUT2D eigenvalue weighted by Gasteiger charge is 2.31. The Morgan fingerprint density at radius 2 is 1.49 bits per heavy atom. The molecule has 0 saturated carbocycles. The molecule has 1 heterocycles. The summed E-state index contributed by atoms with van der Waals surface area (Å²) in [7, 11) is 0. The summed E-state index contributed by atoms with van der Waals surface area (Å²) in [4.78, 5) is 63.3. The molecule has 35 heavy (non-hydrogen) atoms. The molecule has 3 amide bonds. The third-order valence-corrected chi connectivity index (χ3v) is 5.83.